The molecule has 1 N–H and O–H groups in total. The van der Waals surface area contributed by atoms with Gasteiger partial charge in [0.2, 0.25) is 0 Å². The van der Waals surface area contributed by atoms with Crippen LogP contribution in [-0.2, 0) is 0 Å². The molecule has 2 rings (SSSR count). The monoisotopic (exact) mass is 218 g/mol. The summed E-state index contributed by atoms with van der Waals surface area (Å²) in [5.41, 5.74) is 1.62. The van der Waals surface area contributed by atoms with Crippen LogP contribution in [-0.4, -0.2) is 15.7 Å². The van der Waals surface area contributed by atoms with Crippen molar-refractivity contribution in [3.05, 3.63) is 46.5 Å². The topological polar surface area (TPSA) is 45.8 Å². The van der Waals surface area contributed by atoms with Crippen LogP contribution in [0, 0.1) is 0 Å². The van der Waals surface area contributed by atoms with Gasteiger partial charge in [-0.1, -0.05) is 18.2 Å². The fourth-order valence-corrected chi connectivity index (χ4v) is 1.48. The van der Waals surface area contributed by atoms with Crippen LogP contribution in [0.4, 0.5) is 0 Å². The highest BCUT2D eigenvalue weighted by Gasteiger charge is 1.98. The first-order valence-corrected chi connectivity index (χ1v) is 5.19. The standard InChI is InChI=1S/C11H10N2OS/c14-11-9-4-3-8(2-1-5-15)6-10(9)12-7-13-11/h1-4,6-7,15H,5H2,(H,12,13,14). The fourth-order valence-electron chi connectivity index (χ4n) is 1.38. The number of thiol groups is 1. The van der Waals surface area contributed by atoms with Gasteiger partial charge in [-0.2, -0.15) is 12.6 Å². The molecule has 4 heteroatoms. The Morgan fingerprint density at radius 1 is 1.47 bits per heavy atom. The Labute approximate surface area is 92.3 Å². The van der Waals surface area contributed by atoms with Gasteiger partial charge >= 0.3 is 0 Å². The smallest absolute Gasteiger partial charge is 0.258 e. The summed E-state index contributed by atoms with van der Waals surface area (Å²) in [5.74, 6) is 0.695. The number of aromatic nitrogens is 2. The van der Waals surface area contributed by atoms with Crippen LogP contribution >= 0.6 is 12.6 Å². The molecule has 0 atom stereocenters. The second-order valence-electron chi connectivity index (χ2n) is 3.09. The zero-order chi connectivity index (χ0) is 10.7. The Balaban J connectivity index is 2.57. The molecule has 0 aliphatic rings. The third-order valence-electron chi connectivity index (χ3n) is 2.08. The second kappa shape index (κ2) is 4.31. The second-order valence-corrected chi connectivity index (χ2v) is 3.46. The Morgan fingerprint density at radius 3 is 3.13 bits per heavy atom. The number of fused-ring (bicyclic) bond motifs is 1. The number of hydrogen-bond acceptors (Lipinski definition) is 3. The van der Waals surface area contributed by atoms with E-state index >= 15 is 0 Å². The van der Waals surface area contributed by atoms with Crippen molar-refractivity contribution in [2.24, 2.45) is 0 Å². The molecule has 0 unspecified atom stereocenters. The van der Waals surface area contributed by atoms with Crippen LogP contribution in [0.25, 0.3) is 17.0 Å². The Bertz CT molecular complexity index is 560. The summed E-state index contributed by atoms with van der Waals surface area (Å²) >= 11 is 4.08. The molecule has 0 spiro atoms. The van der Waals surface area contributed by atoms with Gasteiger partial charge in [0.05, 0.1) is 17.2 Å². The van der Waals surface area contributed by atoms with E-state index in [1.165, 1.54) is 6.33 Å². The SMILES string of the molecule is O=c1[nH]cnc2cc(C=CCS)ccc12. The summed E-state index contributed by atoms with van der Waals surface area (Å²) in [6, 6.07) is 5.54. The van der Waals surface area contributed by atoms with Crippen molar-refractivity contribution in [1.82, 2.24) is 9.97 Å². The van der Waals surface area contributed by atoms with Gasteiger partial charge in [0, 0.05) is 5.75 Å². The molecule has 0 aliphatic carbocycles. The maximum absolute atomic E-state index is 11.4. The van der Waals surface area contributed by atoms with Gasteiger partial charge in [-0.3, -0.25) is 4.79 Å². The first-order valence-electron chi connectivity index (χ1n) is 4.56. The quantitative estimate of drug-likeness (QED) is 0.756. The Morgan fingerprint density at radius 2 is 2.33 bits per heavy atom. The summed E-state index contributed by atoms with van der Waals surface area (Å²) in [6.07, 6.45) is 5.31. The van der Waals surface area contributed by atoms with Gasteiger partial charge in [-0.15, -0.1) is 0 Å². The number of H-pyrrole nitrogens is 1. The predicted octanol–water partition coefficient (Wildman–Crippen LogP) is 1.87. The van der Waals surface area contributed by atoms with Gasteiger partial charge < -0.3 is 4.98 Å². The summed E-state index contributed by atoms with van der Waals surface area (Å²) in [5, 5.41) is 0.612. The van der Waals surface area contributed by atoms with Gasteiger partial charge in [-0.05, 0) is 17.7 Å². The van der Waals surface area contributed by atoms with E-state index in [2.05, 4.69) is 22.6 Å². The molecule has 3 nitrogen and oxygen atoms in total. The van der Waals surface area contributed by atoms with Gasteiger partial charge in [0.25, 0.3) is 5.56 Å². The van der Waals surface area contributed by atoms with Crippen molar-refractivity contribution < 1.29 is 0 Å². The van der Waals surface area contributed by atoms with E-state index < -0.39 is 0 Å². The summed E-state index contributed by atoms with van der Waals surface area (Å²) in [7, 11) is 0. The average Bonchev–Trinajstić information content (AvgIpc) is 2.26. The molecule has 0 radical (unpaired) electrons. The molecule has 1 aromatic carbocycles. The van der Waals surface area contributed by atoms with Gasteiger partial charge in [-0.25, -0.2) is 4.98 Å². The minimum atomic E-state index is -0.107. The van der Waals surface area contributed by atoms with Crippen LogP contribution in [0.5, 0.6) is 0 Å². The number of benzene rings is 1. The Kier molecular flexibility index (Phi) is 2.87. The lowest BCUT2D eigenvalue weighted by Crippen LogP contribution is -2.05. The summed E-state index contributed by atoms with van der Waals surface area (Å²) < 4.78 is 0. The highest BCUT2D eigenvalue weighted by Crippen LogP contribution is 2.10. The van der Waals surface area contributed by atoms with E-state index in [4.69, 9.17) is 0 Å². The van der Waals surface area contributed by atoms with Crippen molar-refractivity contribution in [3.8, 4) is 0 Å². The highest BCUT2D eigenvalue weighted by atomic mass is 32.1. The molecule has 0 saturated heterocycles. The Hall–Kier alpha value is -1.55. The van der Waals surface area contributed by atoms with Crippen molar-refractivity contribution in [2.45, 2.75) is 0 Å². The molecule has 0 fully saturated rings. The third-order valence-corrected chi connectivity index (χ3v) is 2.29. The van der Waals surface area contributed by atoms with E-state index in [-0.39, 0.29) is 5.56 Å². The maximum atomic E-state index is 11.4. The molecule has 1 heterocycles. The molecular weight excluding hydrogens is 208 g/mol. The fraction of sp³-hybridized carbons (Fsp3) is 0.0909. The third kappa shape index (κ3) is 2.10. The van der Waals surface area contributed by atoms with Crippen molar-refractivity contribution in [3.63, 3.8) is 0 Å². The first kappa shape index (κ1) is 9.98. The van der Waals surface area contributed by atoms with Gasteiger partial charge in [0.15, 0.2) is 0 Å². The largest absolute Gasteiger partial charge is 0.313 e. The summed E-state index contributed by atoms with van der Waals surface area (Å²) in [4.78, 5) is 18.0. The molecule has 0 amide bonds. The van der Waals surface area contributed by atoms with Crippen LogP contribution in [0.15, 0.2) is 35.4 Å². The number of hydrogen-bond donors (Lipinski definition) is 2. The zero-order valence-electron chi connectivity index (χ0n) is 7.97. The maximum Gasteiger partial charge on any atom is 0.258 e. The van der Waals surface area contributed by atoms with Crippen molar-refractivity contribution in [1.29, 1.82) is 0 Å². The first-order chi connectivity index (χ1) is 7.31. The minimum Gasteiger partial charge on any atom is -0.313 e. The van der Waals surface area contributed by atoms with Crippen LogP contribution in [0.3, 0.4) is 0 Å². The van der Waals surface area contributed by atoms with E-state index in [1.807, 2.05) is 24.3 Å². The van der Waals surface area contributed by atoms with Gasteiger partial charge in [0.1, 0.15) is 0 Å². The molecule has 1 aromatic heterocycles. The molecule has 15 heavy (non-hydrogen) atoms. The van der Waals surface area contributed by atoms with E-state index in [0.29, 0.717) is 16.7 Å². The molecule has 76 valence electrons. The van der Waals surface area contributed by atoms with Crippen molar-refractivity contribution >= 4 is 29.6 Å². The average molecular weight is 218 g/mol. The lowest BCUT2D eigenvalue weighted by molar-refractivity contribution is 1.17. The lowest BCUT2D eigenvalue weighted by Gasteiger charge is -1.97. The molecule has 0 saturated carbocycles. The lowest BCUT2D eigenvalue weighted by atomic mass is 10.1. The van der Waals surface area contributed by atoms with Crippen molar-refractivity contribution in [2.75, 3.05) is 5.75 Å². The van der Waals surface area contributed by atoms with Crippen LogP contribution in [0.1, 0.15) is 5.56 Å². The van der Waals surface area contributed by atoms with Crippen LogP contribution < -0.4 is 5.56 Å². The zero-order valence-corrected chi connectivity index (χ0v) is 8.87. The highest BCUT2D eigenvalue weighted by molar-refractivity contribution is 7.80. The summed E-state index contributed by atoms with van der Waals surface area (Å²) in [6.45, 7) is 0. The minimum absolute atomic E-state index is 0.107. The normalized spacial score (nSPS) is 11.3. The van der Waals surface area contributed by atoms with E-state index in [9.17, 15) is 4.79 Å². The number of aromatic amines is 1. The number of nitrogens with one attached hydrogen (secondary N) is 1. The molecular formula is C11H10N2OS. The predicted molar refractivity (Wildman–Crippen MR) is 65.3 cm³/mol. The van der Waals surface area contributed by atoms with E-state index in [1.54, 1.807) is 6.07 Å². The number of nitrogens with zero attached hydrogens (tertiary/aromatic N) is 1. The van der Waals surface area contributed by atoms with E-state index in [0.717, 1.165) is 5.56 Å². The molecule has 0 aliphatic heterocycles. The van der Waals surface area contributed by atoms with Crippen LogP contribution in [0.2, 0.25) is 0 Å². The molecule has 2 aromatic rings. The molecule has 0 bridgehead atoms. The number of rotatable bonds is 2.